The van der Waals surface area contributed by atoms with Gasteiger partial charge in [0, 0.05) is 27.4 Å². The fraction of sp³-hybridized carbons (Fsp3) is 0.538. The van der Waals surface area contributed by atoms with Crippen LogP contribution in [-0.2, 0) is 19.7 Å². The molecule has 0 atom stereocenters. The van der Waals surface area contributed by atoms with Gasteiger partial charge in [0.1, 0.15) is 0 Å². The highest BCUT2D eigenvalue weighted by Crippen LogP contribution is 2.18. The molecule has 0 aliphatic rings. The van der Waals surface area contributed by atoms with Crippen LogP contribution in [0.2, 0.25) is 6.04 Å². The molecule has 0 fully saturated rings. The van der Waals surface area contributed by atoms with Crippen molar-refractivity contribution in [2.75, 3.05) is 21.3 Å². The second-order valence-corrected chi connectivity index (χ2v) is 7.17. The van der Waals surface area contributed by atoms with Crippen LogP contribution in [0.3, 0.4) is 0 Å². The van der Waals surface area contributed by atoms with Gasteiger partial charge >= 0.3 is 8.80 Å². The normalized spacial score (nSPS) is 11.8. The molecule has 0 aliphatic carbocycles. The third kappa shape index (κ3) is 3.92. The average Bonchev–Trinajstić information content (AvgIpc) is 2.37. The summed E-state index contributed by atoms with van der Waals surface area (Å²) in [6.07, 6.45) is 2.06. The van der Waals surface area contributed by atoms with E-state index in [4.69, 9.17) is 13.3 Å². The number of hydrogen-bond donors (Lipinski definition) is 0. The molecule has 1 aromatic carbocycles. The maximum atomic E-state index is 5.40. The van der Waals surface area contributed by atoms with E-state index in [1.54, 1.807) is 21.3 Å². The summed E-state index contributed by atoms with van der Waals surface area (Å²) in [5.41, 5.74) is 2.73. The Hall–Kier alpha value is -0.683. The molecular formula is C13H22O3Si. The lowest BCUT2D eigenvalue weighted by Crippen LogP contribution is -2.42. The Balaban J connectivity index is 2.49. The van der Waals surface area contributed by atoms with Gasteiger partial charge in [-0.15, -0.1) is 0 Å². The van der Waals surface area contributed by atoms with Crippen LogP contribution in [0.4, 0.5) is 0 Å². The van der Waals surface area contributed by atoms with Gasteiger partial charge in [0.2, 0.25) is 0 Å². The third-order valence-corrected chi connectivity index (χ3v) is 5.96. The van der Waals surface area contributed by atoms with Crippen LogP contribution < -0.4 is 0 Å². The van der Waals surface area contributed by atoms with Crippen molar-refractivity contribution in [3.05, 3.63) is 35.4 Å². The van der Waals surface area contributed by atoms with Gasteiger partial charge in [0.15, 0.2) is 0 Å². The molecule has 4 heteroatoms. The van der Waals surface area contributed by atoms with Gasteiger partial charge in [-0.2, -0.15) is 0 Å². The van der Waals surface area contributed by atoms with Crippen molar-refractivity contribution in [2.45, 2.75) is 25.8 Å². The first-order chi connectivity index (χ1) is 8.17. The van der Waals surface area contributed by atoms with Crippen LogP contribution in [0.25, 0.3) is 0 Å². The Morgan fingerprint density at radius 3 is 2.12 bits per heavy atom. The van der Waals surface area contributed by atoms with E-state index in [2.05, 4.69) is 31.2 Å². The molecule has 0 unspecified atom stereocenters. The average molecular weight is 254 g/mol. The van der Waals surface area contributed by atoms with Crippen LogP contribution in [0.15, 0.2) is 24.3 Å². The molecule has 1 aromatic rings. The molecule has 0 saturated heterocycles. The fourth-order valence-corrected chi connectivity index (χ4v) is 3.66. The number of benzene rings is 1. The van der Waals surface area contributed by atoms with Crippen LogP contribution in [0.1, 0.15) is 17.5 Å². The summed E-state index contributed by atoms with van der Waals surface area (Å²) in [5.74, 6) is 0. The van der Waals surface area contributed by atoms with Gasteiger partial charge < -0.3 is 13.3 Å². The number of aryl methyl sites for hydroxylation is 2. The van der Waals surface area contributed by atoms with Crippen LogP contribution in [0, 0.1) is 6.92 Å². The SMILES string of the molecule is CO[Si](CCCc1ccccc1C)(OC)OC. The molecule has 17 heavy (non-hydrogen) atoms. The molecule has 0 heterocycles. The molecule has 3 nitrogen and oxygen atoms in total. The minimum Gasteiger partial charge on any atom is -0.377 e. The topological polar surface area (TPSA) is 27.7 Å². The lowest BCUT2D eigenvalue weighted by atomic mass is 10.1. The first-order valence-corrected chi connectivity index (χ1v) is 7.80. The predicted molar refractivity (Wildman–Crippen MR) is 71.1 cm³/mol. The molecule has 0 radical (unpaired) electrons. The molecule has 0 N–H and O–H groups in total. The minimum absolute atomic E-state index is 0.852. The van der Waals surface area contributed by atoms with Crippen molar-refractivity contribution in [3.8, 4) is 0 Å². The van der Waals surface area contributed by atoms with Crippen molar-refractivity contribution in [3.63, 3.8) is 0 Å². The quantitative estimate of drug-likeness (QED) is 0.700. The van der Waals surface area contributed by atoms with Gasteiger partial charge in [-0.3, -0.25) is 0 Å². The molecular weight excluding hydrogens is 232 g/mol. The summed E-state index contributed by atoms with van der Waals surface area (Å²) in [4.78, 5) is 0. The van der Waals surface area contributed by atoms with E-state index in [9.17, 15) is 0 Å². The largest absolute Gasteiger partial charge is 0.500 e. The fourth-order valence-electron chi connectivity index (χ4n) is 1.94. The Kier molecular flexibility index (Phi) is 5.84. The van der Waals surface area contributed by atoms with E-state index in [0.717, 1.165) is 18.9 Å². The lowest BCUT2D eigenvalue weighted by Gasteiger charge is -2.24. The maximum absolute atomic E-state index is 5.40. The number of hydrogen-bond acceptors (Lipinski definition) is 3. The Labute approximate surface area is 105 Å². The molecule has 1 rings (SSSR count). The zero-order chi connectivity index (χ0) is 12.7. The van der Waals surface area contributed by atoms with E-state index in [-0.39, 0.29) is 0 Å². The highest BCUT2D eigenvalue weighted by molar-refractivity contribution is 6.60. The van der Waals surface area contributed by atoms with Crippen molar-refractivity contribution in [2.24, 2.45) is 0 Å². The van der Waals surface area contributed by atoms with E-state index < -0.39 is 8.80 Å². The lowest BCUT2D eigenvalue weighted by molar-refractivity contribution is 0.123. The van der Waals surface area contributed by atoms with E-state index in [0.29, 0.717) is 0 Å². The molecule has 0 spiro atoms. The Bertz CT molecular complexity index is 329. The minimum atomic E-state index is -2.39. The van der Waals surface area contributed by atoms with Crippen molar-refractivity contribution in [1.82, 2.24) is 0 Å². The Morgan fingerprint density at radius 1 is 1.00 bits per heavy atom. The van der Waals surface area contributed by atoms with Crippen molar-refractivity contribution < 1.29 is 13.3 Å². The third-order valence-electron chi connectivity index (χ3n) is 3.12. The highest BCUT2D eigenvalue weighted by Gasteiger charge is 2.36. The summed E-state index contributed by atoms with van der Waals surface area (Å²) in [7, 11) is 2.59. The van der Waals surface area contributed by atoms with Crippen molar-refractivity contribution in [1.29, 1.82) is 0 Å². The zero-order valence-electron chi connectivity index (χ0n) is 11.2. The predicted octanol–water partition coefficient (Wildman–Crippen LogP) is 2.81. The first-order valence-electron chi connectivity index (χ1n) is 5.87. The van der Waals surface area contributed by atoms with E-state index >= 15 is 0 Å². The second kappa shape index (κ2) is 6.91. The second-order valence-electron chi connectivity index (χ2n) is 4.08. The smallest absolute Gasteiger partial charge is 0.377 e. The standard InChI is InChI=1S/C13H22O3Si/c1-12-8-5-6-9-13(12)10-7-11-17(14-2,15-3)16-4/h5-6,8-9H,7,10-11H2,1-4H3. The molecule has 0 saturated carbocycles. The van der Waals surface area contributed by atoms with Gasteiger partial charge in [-0.05, 0) is 30.9 Å². The van der Waals surface area contributed by atoms with Gasteiger partial charge in [0.25, 0.3) is 0 Å². The van der Waals surface area contributed by atoms with Crippen LogP contribution in [-0.4, -0.2) is 30.1 Å². The van der Waals surface area contributed by atoms with Crippen molar-refractivity contribution >= 4 is 8.80 Å². The van der Waals surface area contributed by atoms with Crippen LogP contribution >= 0.6 is 0 Å². The summed E-state index contributed by atoms with van der Waals surface area (Å²) in [6.45, 7) is 2.14. The molecule has 96 valence electrons. The monoisotopic (exact) mass is 254 g/mol. The van der Waals surface area contributed by atoms with E-state index in [1.165, 1.54) is 11.1 Å². The van der Waals surface area contributed by atoms with Gasteiger partial charge in [-0.1, -0.05) is 24.3 Å². The summed E-state index contributed by atoms with van der Waals surface area (Å²) < 4.78 is 16.2. The Morgan fingerprint density at radius 2 is 1.59 bits per heavy atom. The summed E-state index contributed by atoms with van der Waals surface area (Å²) >= 11 is 0. The first kappa shape index (κ1) is 14.4. The van der Waals surface area contributed by atoms with Gasteiger partial charge in [-0.25, -0.2) is 0 Å². The van der Waals surface area contributed by atoms with Gasteiger partial charge in [0.05, 0.1) is 0 Å². The number of rotatable bonds is 7. The molecule has 0 amide bonds. The molecule has 0 aromatic heterocycles. The summed E-state index contributed by atoms with van der Waals surface area (Å²) in [6, 6.07) is 9.31. The zero-order valence-corrected chi connectivity index (χ0v) is 12.2. The summed E-state index contributed by atoms with van der Waals surface area (Å²) in [5, 5.41) is 0. The van der Waals surface area contributed by atoms with Crippen LogP contribution in [0.5, 0.6) is 0 Å². The maximum Gasteiger partial charge on any atom is 0.500 e. The molecule has 0 aliphatic heterocycles. The van der Waals surface area contributed by atoms with E-state index in [1.807, 2.05) is 0 Å². The highest BCUT2D eigenvalue weighted by atomic mass is 28.4. The molecule has 0 bridgehead atoms.